The minimum Gasteiger partial charge on any atom is -0.207 e. The zero-order valence-electron chi connectivity index (χ0n) is 10.6. The highest BCUT2D eigenvalue weighted by Crippen LogP contribution is 2.20. The standard InChI is InChI=1S/C12H17ClFNO2S/c1-9-4-5-10(14)8-11(9)18(16,17)15-12(2,3)6-7-13/h4-5,8,15H,6-7H2,1-3H3. The highest BCUT2D eigenvalue weighted by Gasteiger charge is 2.27. The number of halogens is 2. The van der Waals surface area contributed by atoms with Gasteiger partial charge in [-0.25, -0.2) is 17.5 Å². The van der Waals surface area contributed by atoms with Crippen LogP contribution in [0.5, 0.6) is 0 Å². The van der Waals surface area contributed by atoms with Gasteiger partial charge in [0.25, 0.3) is 0 Å². The van der Waals surface area contributed by atoms with Gasteiger partial charge in [0.1, 0.15) is 5.82 Å². The van der Waals surface area contributed by atoms with E-state index in [0.29, 0.717) is 17.9 Å². The fourth-order valence-corrected chi connectivity index (χ4v) is 3.74. The highest BCUT2D eigenvalue weighted by atomic mass is 35.5. The van der Waals surface area contributed by atoms with Gasteiger partial charge < -0.3 is 0 Å². The lowest BCUT2D eigenvalue weighted by atomic mass is 10.0. The fraction of sp³-hybridized carbons (Fsp3) is 0.500. The maximum absolute atomic E-state index is 13.1. The first-order valence-corrected chi connectivity index (χ1v) is 7.56. The van der Waals surface area contributed by atoms with Gasteiger partial charge in [0.15, 0.2) is 0 Å². The third-order valence-electron chi connectivity index (χ3n) is 2.57. The van der Waals surface area contributed by atoms with Crippen LogP contribution in [0.1, 0.15) is 25.8 Å². The summed E-state index contributed by atoms with van der Waals surface area (Å²) in [5.41, 5.74) is -0.162. The van der Waals surface area contributed by atoms with Crippen LogP contribution in [0.2, 0.25) is 0 Å². The Balaban J connectivity index is 3.11. The van der Waals surface area contributed by atoms with E-state index in [-0.39, 0.29) is 4.90 Å². The van der Waals surface area contributed by atoms with E-state index in [0.717, 1.165) is 6.07 Å². The average molecular weight is 294 g/mol. The average Bonchev–Trinajstić information content (AvgIpc) is 2.19. The van der Waals surface area contributed by atoms with Crippen molar-refractivity contribution in [3.05, 3.63) is 29.6 Å². The molecule has 1 N–H and O–H groups in total. The van der Waals surface area contributed by atoms with E-state index >= 15 is 0 Å². The Labute approximate surface area is 112 Å². The Kier molecular flexibility index (Phi) is 4.75. The van der Waals surface area contributed by atoms with Crippen LogP contribution >= 0.6 is 11.6 Å². The molecule has 0 aliphatic heterocycles. The summed E-state index contributed by atoms with van der Waals surface area (Å²) in [4.78, 5) is -0.0369. The molecule has 0 heterocycles. The van der Waals surface area contributed by atoms with Gasteiger partial charge >= 0.3 is 0 Å². The minimum absolute atomic E-state index is 0.0369. The van der Waals surface area contributed by atoms with E-state index in [4.69, 9.17) is 11.6 Å². The number of rotatable bonds is 5. The molecule has 18 heavy (non-hydrogen) atoms. The molecule has 1 rings (SSSR count). The molecule has 6 heteroatoms. The van der Waals surface area contributed by atoms with Crippen molar-refractivity contribution in [3.63, 3.8) is 0 Å². The SMILES string of the molecule is Cc1ccc(F)cc1S(=O)(=O)NC(C)(C)CCCl. The van der Waals surface area contributed by atoms with Crippen LogP contribution < -0.4 is 4.72 Å². The number of nitrogens with one attached hydrogen (secondary N) is 1. The van der Waals surface area contributed by atoms with Gasteiger partial charge in [-0.1, -0.05) is 6.07 Å². The first-order valence-electron chi connectivity index (χ1n) is 5.54. The Morgan fingerprint density at radius 1 is 1.39 bits per heavy atom. The molecule has 3 nitrogen and oxygen atoms in total. The first kappa shape index (κ1) is 15.4. The second-order valence-electron chi connectivity index (χ2n) is 4.84. The zero-order valence-corrected chi connectivity index (χ0v) is 12.2. The third-order valence-corrected chi connectivity index (χ3v) is 4.60. The summed E-state index contributed by atoms with van der Waals surface area (Å²) in [6.07, 6.45) is 0.488. The number of alkyl halides is 1. The minimum atomic E-state index is -3.74. The molecule has 0 saturated carbocycles. The number of benzene rings is 1. The molecule has 0 spiro atoms. The van der Waals surface area contributed by atoms with Gasteiger partial charge in [-0.15, -0.1) is 11.6 Å². The number of aryl methyl sites for hydroxylation is 1. The van der Waals surface area contributed by atoms with Gasteiger partial charge in [-0.05, 0) is 44.9 Å². The molecule has 0 aliphatic rings. The van der Waals surface area contributed by atoms with Crippen molar-refractivity contribution in [2.24, 2.45) is 0 Å². The molecule has 0 fully saturated rings. The van der Waals surface area contributed by atoms with Crippen molar-refractivity contribution >= 4 is 21.6 Å². The smallest absolute Gasteiger partial charge is 0.207 e. The Hall–Kier alpha value is -0.650. The molecule has 0 amide bonds. The summed E-state index contributed by atoms with van der Waals surface area (Å²) in [6, 6.07) is 3.70. The predicted molar refractivity (Wildman–Crippen MR) is 70.9 cm³/mol. The molecule has 0 bridgehead atoms. The number of sulfonamides is 1. The lowest BCUT2D eigenvalue weighted by Gasteiger charge is -2.25. The van der Waals surface area contributed by atoms with E-state index in [2.05, 4.69) is 4.72 Å². The van der Waals surface area contributed by atoms with E-state index < -0.39 is 21.4 Å². The van der Waals surface area contributed by atoms with Gasteiger partial charge in [0.2, 0.25) is 10.0 Å². The molecule has 1 aromatic rings. The van der Waals surface area contributed by atoms with Gasteiger partial charge in [0.05, 0.1) is 4.90 Å². The zero-order chi connectivity index (χ0) is 14.0. The summed E-state index contributed by atoms with van der Waals surface area (Å²) in [6.45, 7) is 5.10. The van der Waals surface area contributed by atoms with E-state index in [9.17, 15) is 12.8 Å². The van der Waals surface area contributed by atoms with E-state index in [1.165, 1.54) is 12.1 Å². The summed E-state index contributed by atoms with van der Waals surface area (Å²) >= 11 is 5.62. The van der Waals surface area contributed by atoms with Crippen LogP contribution in [-0.4, -0.2) is 19.8 Å². The Bertz CT molecular complexity index is 529. The fourth-order valence-electron chi connectivity index (χ4n) is 1.57. The van der Waals surface area contributed by atoms with Crippen LogP contribution in [0.15, 0.2) is 23.1 Å². The van der Waals surface area contributed by atoms with Crippen molar-refractivity contribution < 1.29 is 12.8 Å². The van der Waals surface area contributed by atoms with E-state index in [1.54, 1.807) is 20.8 Å². The second-order valence-corrected chi connectivity index (χ2v) is 6.87. The number of hydrogen-bond acceptors (Lipinski definition) is 2. The van der Waals surface area contributed by atoms with Crippen LogP contribution in [0.4, 0.5) is 4.39 Å². The van der Waals surface area contributed by atoms with Crippen molar-refractivity contribution in [2.75, 3.05) is 5.88 Å². The monoisotopic (exact) mass is 293 g/mol. The van der Waals surface area contributed by atoms with Crippen LogP contribution in [0.25, 0.3) is 0 Å². The van der Waals surface area contributed by atoms with Gasteiger partial charge in [-0.3, -0.25) is 0 Å². The topological polar surface area (TPSA) is 46.2 Å². The molecular formula is C12H17ClFNO2S. The van der Waals surface area contributed by atoms with E-state index in [1.807, 2.05) is 0 Å². The molecule has 1 aromatic carbocycles. The van der Waals surface area contributed by atoms with Crippen LogP contribution in [0.3, 0.4) is 0 Å². The summed E-state index contributed by atoms with van der Waals surface area (Å²) in [5, 5.41) is 0. The van der Waals surface area contributed by atoms with Crippen molar-refractivity contribution in [3.8, 4) is 0 Å². The van der Waals surface area contributed by atoms with Crippen molar-refractivity contribution in [1.29, 1.82) is 0 Å². The summed E-state index contributed by atoms with van der Waals surface area (Å²) in [5.74, 6) is -0.228. The summed E-state index contributed by atoms with van der Waals surface area (Å²) in [7, 11) is -3.74. The second kappa shape index (κ2) is 5.55. The van der Waals surface area contributed by atoms with Crippen molar-refractivity contribution in [1.82, 2.24) is 4.72 Å². The maximum atomic E-state index is 13.1. The molecule has 0 atom stereocenters. The molecule has 102 valence electrons. The lowest BCUT2D eigenvalue weighted by Crippen LogP contribution is -2.43. The summed E-state index contributed by atoms with van der Waals surface area (Å²) < 4.78 is 40.0. The molecule has 0 radical (unpaired) electrons. The predicted octanol–water partition coefficient (Wildman–Crippen LogP) is 2.82. The molecule has 0 saturated heterocycles. The number of hydrogen-bond donors (Lipinski definition) is 1. The van der Waals surface area contributed by atoms with Gasteiger partial charge in [-0.2, -0.15) is 0 Å². The highest BCUT2D eigenvalue weighted by molar-refractivity contribution is 7.89. The molecule has 0 unspecified atom stereocenters. The normalized spacial score (nSPS) is 12.7. The van der Waals surface area contributed by atoms with Crippen LogP contribution in [-0.2, 0) is 10.0 Å². The first-order chi connectivity index (χ1) is 8.18. The molecular weight excluding hydrogens is 277 g/mol. The lowest BCUT2D eigenvalue weighted by molar-refractivity contribution is 0.441. The third kappa shape index (κ3) is 3.93. The Morgan fingerprint density at radius 3 is 2.56 bits per heavy atom. The quantitative estimate of drug-likeness (QED) is 0.849. The van der Waals surface area contributed by atoms with Gasteiger partial charge in [0, 0.05) is 11.4 Å². The molecule has 0 aliphatic carbocycles. The Morgan fingerprint density at radius 2 is 2.00 bits per heavy atom. The maximum Gasteiger partial charge on any atom is 0.241 e. The molecule has 0 aromatic heterocycles. The van der Waals surface area contributed by atoms with Crippen LogP contribution in [0, 0.1) is 12.7 Å². The van der Waals surface area contributed by atoms with Crippen molar-refractivity contribution in [2.45, 2.75) is 37.6 Å². The largest absolute Gasteiger partial charge is 0.241 e.